The van der Waals surface area contributed by atoms with Gasteiger partial charge in [0.15, 0.2) is 5.11 Å². The van der Waals surface area contributed by atoms with Crippen molar-refractivity contribution in [3.8, 4) is 0 Å². The molecule has 2 aliphatic rings. The first-order valence-electron chi connectivity index (χ1n) is 8.25. The summed E-state index contributed by atoms with van der Waals surface area (Å²) in [6.45, 7) is 2.70. The van der Waals surface area contributed by atoms with E-state index in [4.69, 9.17) is 12.2 Å². The number of carbonyl (C=O) groups is 2. The van der Waals surface area contributed by atoms with E-state index >= 15 is 0 Å². The fourth-order valence-corrected chi connectivity index (χ4v) is 3.40. The van der Waals surface area contributed by atoms with E-state index < -0.39 is 11.6 Å². The van der Waals surface area contributed by atoms with E-state index in [1.807, 2.05) is 30.3 Å². The molecule has 0 bridgehead atoms. The predicted molar refractivity (Wildman–Crippen MR) is 94.8 cm³/mol. The molecule has 1 saturated carbocycles. The van der Waals surface area contributed by atoms with Crippen LogP contribution in [0.2, 0.25) is 0 Å². The molecule has 24 heavy (non-hydrogen) atoms. The summed E-state index contributed by atoms with van der Waals surface area (Å²) in [4.78, 5) is 24.9. The van der Waals surface area contributed by atoms with Crippen LogP contribution in [0.5, 0.6) is 0 Å². The summed E-state index contributed by atoms with van der Waals surface area (Å²) in [6, 6.07) is 9.34. The van der Waals surface area contributed by atoms with Crippen LogP contribution in [0.1, 0.15) is 38.2 Å². The highest BCUT2D eigenvalue weighted by atomic mass is 32.1. The van der Waals surface area contributed by atoms with Crippen molar-refractivity contribution >= 4 is 29.3 Å². The number of thiocarbonyl (C=S) groups is 1. The quantitative estimate of drug-likeness (QED) is 0.577. The second kappa shape index (κ2) is 6.76. The van der Waals surface area contributed by atoms with Crippen molar-refractivity contribution < 1.29 is 9.59 Å². The van der Waals surface area contributed by atoms with E-state index in [0.717, 1.165) is 23.4 Å². The molecule has 1 aromatic rings. The van der Waals surface area contributed by atoms with Crippen LogP contribution in [0.25, 0.3) is 0 Å². The van der Waals surface area contributed by atoms with Crippen molar-refractivity contribution in [2.75, 3.05) is 0 Å². The molecule has 0 unspecified atom stereocenters. The largest absolute Gasteiger partial charge is 0.357 e. The van der Waals surface area contributed by atoms with Crippen LogP contribution in [-0.2, 0) is 11.3 Å². The van der Waals surface area contributed by atoms with E-state index in [2.05, 4.69) is 23.0 Å². The van der Waals surface area contributed by atoms with Crippen LogP contribution in [0.4, 0.5) is 4.79 Å². The Kier molecular flexibility index (Phi) is 4.71. The molecular formula is C17H22N4O2S. The third-order valence-electron chi connectivity index (χ3n) is 4.80. The number of rotatable bonds is 3. The summed E-state index contributed by atoms with van der Waals surface area (Å²) < 4.78 is 0. The normalized spacial score (nSPS) is 26.4. The third-order valence-corrected chi connectivity index (χ3v) is 5.03. The molecule has 1 heterocycles. The van der Waals surface area contributed by atoms with E-state index in [1.54, 1.807) is 0 Å². The Morgan fingerprint density at radius 3 is 2.62 bits per heavy atom. The van der Waals surface area contributed by atoms with Crippen molar-refractivity contribution in [1.82, 2.24) is 21.1 Å². The Bertz CT molecular complexity index is 641. The summed E-state index contributed by atoms with van der Waals surface area (Å²) in [7, 11) is 0. The molecule has 1 saturated heterocycles. The average Bonchev–Trinajstić information content (AvgIpc) is 2.81. The second-order valence-corrected chi connectivity index (χ2v) is 7.02. The smallest absolute Gasteiger partial charge is 0.344 e. The molecule has 7 heteroatoms. The third kappa shape index (κ3) is 3.36. The first kappa shape index (κ1) is 16.7. The molecule has 1 aliphatic heterocycles. The van der Waals surface area contributed by atoms with Gasteiger partial charge in [-0.05, 0) is 49.4 Å². The second-order valence-electron chi connectivity index (χ2n) is 6.62. The topological polar surface area (TPSA) is 73.5 Å². The minimum Gasteiger partial charge on any atom is -0.357 e. The Balaban J connectivity index is 1.57. The summed E-state index contributed by atoms with van der Waals surface area (Å²) in [5, 5.41) is 7.13. The van der Waals surface area contributed by atoms with Crippen LogP contribution in [-0.4, -0.2) is 27.6 Å². The number of hydrazine groups is 1. The Morgan fingerprint density at radius 1 is 1.29 bits per heavy atom. The van der Waals surface area contributed by atoms with Crippen molar-refractivity contribution in [1.29, 1.82) is 0 Å². The van der Waals surface area contributed by atoms with Crippen LogP contribution in [0.3, 0.4) is 0 Å². The molecule has 128 valence electrons. The Hall–Kier alpha value is -2.15. The van der Waals surface area contributed by atoms with E-state index in [1.165, 1.54) is 0 Å². The number of nitrogens with zero attached hydrogens (tertiary/aromatic N) is 1. The molecule has 0 atom stereocenters. The van der Waals surface area contributed by atoms with Gasteiger partial charge in [0.05, 0.1) is 0 Å². The lowest BCUT2D eigenvalue weighted by Gasteiger charge is -2.33. The summed E-state index contributed by atoms with van der Waals surface area (Å²) in [5.41, 5.74) is 3.03. The molecular weight excluding hydrogens is 324 g/mol. The number of benzene rings is 1. The lowest BCUT2D eigenvalue weighted by molar-refractivity contribution is -0.133. The van der Waals surface area contributed by atoms with Crippen LogP contribution < -0.4 is 16.1 Å². The number of carbonyl (C=O) groups excluding carboxylic acids is 2. The molecule has 3 amide bonds. The molecule has 6 nitrogen and oxygen atoms in total. The van der Waals surface area contributed by atoms with Gasteiger partial charge in [-0.25, -0.2) is 4.79 Å². The number of amides is 3. The predicted octanol–water partition coefficient (Wildman–Crippen LogP) is 2.07. The molecule has 3 rings (SSSR count). The summed E-state index contributed by atoms with van der Waals surface area (Å²) in [6.07, 6.45) is 3.25. The van der Waals surface area contributed by atoms with E-state index in [0.29, 0.717) is 25.3 Å². The number of hydrogen-bond donors (Lipinski definition) is 3. The molecule has 1 aliphatic carbocycles. The van der Waals surface area contributed by atoms with Gasteiger partial charge < -0.3 is 10.6 Å². The van der Waals surface area contributed by atoms with E-state index in [-0.39, 0.29) is 11.0 Å². The Morgan fingerprint density at radius 2 is 1.96 bits per heavy atom. The fourth-order valence-electron chi connectivity index (χ4n) is 3.23. The van der Waals surface area contributed by atoms with E-state index in [9.17, 15) is 9.59 Å². The number of hydrogen-bond acceptors (Lipinski definition) is 3. The van der Waals surface area contributed by atoms with Crippen molar-refractivity contribution in [2.45, 2.75) is 44.7 Å². The standard InChI is InChI=1S/C17H22N4O2S/c1-12-7-9-17(10-8-12)14(22)21(16(23)19-17)20-15(24)18-11-13-5-3-2-4-6-13/h2-6,12H,7-11H2,1H3,(H,19,23)(H2,18,20,24). The van der Waals surface area contributed by atoms with Gasteiger partial charge in [-0.15, -0.1) is 0 Å². The highest BCUT2D eigenvalue weighted by Gasteiger charge is 2.52. The maximum Gasteiger partial charge on any atom is 0.344 e. The highest BCUT2D eigenvalue weighted by Crippen LogP contribution is 2.35. The zero-order valence-electron chi connectivity index (χ0n) is 13.7. The molecule has 0 radical (unpaired) electrons. The average molecular weight is 346 g/mol. The summed E-state index contributed by atoms with van der Waals surface area (Å²) >= 11 is 5.21. The Labute approximate surface area is 146 Å². The first-order chi connectivity index (χ1) is 11.5. The molecule has 0 aromatic heterocycles. The minimum absolute atomic E-state index is 0.233. The van der Waals surface area contributed by atoms with Gasteiger partial charge in [0.1, 0.15) is 5.54 Å². The fraction of sp³-hybridized carbons (Fsp3) is 0.471. The number of imide groups is 1. The SMILES string of the molecule is CC1CCC2(CC1)NC(=O)N(NC(=S)NCc1ccccc1)C2=O. The van der Waals surface area contributed by atoms with Gasteiger partial charge in [0, 0.05) is 6.54 Å². The molecule has 1 spiro atoms. The first-order valence-corrected chi connectivity index (χ1v) is 8.66. The number of urea groups is 1. The van der Waals surface area contributed by atoms with Crippen molar-refractivity contribution in [3.63, 3.8) is 0 Å². The van der Waals surface area contributed by atoms with Crippen molar-refractivity contribution in [2.24, 2.45) is 5.92 Å². The zero-order chi connectivity index (χ0) is 17.2. The maximum atomic E-state index is 12.7. The van der Waals surface area contributed by atoms with Gasteiger partial charge >= 0.3 is 6.03 Å². The number of nitrogens with one attached hydrogen (secondary N) is 3. The lowest BCUT2D eigenvalue weighted by atomic mass is 9.77. The minimum atomic E-state index is -0.758. The monoisotopic (exact) mass is 346 g/mol. The molecule has 3 N–H and O–H groups in total. The molecule has 1 aromatic carbocycles. The molecule has 2 fully saturated rings. The lowest BCUT2D eigenvalue weighted by Crippen LogP contribution is -2.53. The van der Waals surface area contributed by atoms with Gasteiger partial charge in [-0.1, -0.05) is 37.3 Å². The van der Waals surface area contributed by atoms with Crippen LogP contribution >= 0.6 is 12.2 Å². The highest BCUT2D eigenvalue weighted by molar-refractivity contribution is 7.80. The van der Waals surface area contributed by atoms with Gasteiger partial charge in [-0.2, -0.15) is 5.01 Å². The van der Waals surface area contributed by atoms with Gasteiger partial charge in [-0.3, -0.25) is 10.2 Å². The van der Waals surface area contributed by atoms with Crippen LogP contribution in [0.15, 0.2) is 30.3 Å². The van der Waals surface area contributed by atoms with Crippen molar-refractivity contribution in [3.05, 3.63) is 35.9 Å². The van der Waals surface area contributed by atoms with Crippen LogP contribution in [0, 0.1) is 5.92 Å². The summed E-state index contributed by atoms with van der Waals surface area (Å²) in [5.74, 6) is 0.360. The van der Waals surface area contributed by atoms with Gasteiger partial charge in [0.2, 0.25) is 0 Å². The zero-order valence-corrected chi connectivity index (χ0v) is 14.5. The van der Waals surface area contributed by atoms with Gasteiger partial charge in [0.25, 0.3) is 5.91 Å². The maximum absolute atomic E-state index is 12.7.